The Morgan fingerprint density at radius 3 is 2.79 bits per heavy atom. The van der Waals surface area contributed by atoms with Crippen molar-refractivity contribution in [1.29, 1.82) is 0 Å². The second kappa shape index (κ2) is 6.70. The van der Waals surface area contributed by atoms with E-state index >= 15 is 0 Å². The van der Waals surface area contributed by atoms with Crippen LogP contribution < -0.4 is 10.6 Å². The van der Waals surface area contributed by atoms with Crippen LogP contribution in [0.1, 0.15) is 50.5 Å². The van der Waals surface area contributed by atoms with Crippen molar-refractivity contribution in [3.8, 4) is 0 Å². The maximum atomic E-state index is 14.4. The molecule has 1 heterocycles. The van der Waals surface area contributed by atoms with Crippen molar-refractivity contribution in [3.05, 3.63) is 35.9 Å². The largest absolute Gasteiger partial charge is 0.350 e. The fraction of sp³-hybridized carbons (Fsp3) is 0.696. The molecule has 1 aliphatic heterocycles. The molecule has 5 fully saturated rings. The van der Waals surface area contributed by atoms with Crippen LogP contribution in [0.25, 0.3) is 0 Å². The van der Waals surface area contributed by atoms with E-state index in [4.69, 9.17) is 11.6 Å². The number of halogens is 2. The first kappa shape index (κ1) is 18.9. The molecular weight excluding hydrogens is 375 g/mol. The highest BCUT2D eigenvalue weighted by molar-refractivity contribution is 6.17. The highest BCUT2D eigenvalue weighted by Gasteiger charge is 2.74. The molecule has 152 valence electrons. The summed E-state index contributed by atoms with van der Waals surface area (Å²) in [5.74, 6) is 1.27. The third kappa shape index (κ3) is 2.60. The minimum Gasteiger partial charge on any atom is -0.350 e. The quantitative estimate of drug-likeness (QED) is 0.729. The van der Waals surface area contributed by atoms with Gasteiger partial charge in [0.05, 0.1) is 11.5 Å². The van der Waals surface area contributed by atoms with E-state index in [1.54, 1.807) is 0 Å². The van der Waals surface area contributed by atoms with Crippen molar-refractivity contribution in [3.63, 3.8) is 0 Å². The van der Waals surface area contributed by atoms with Crippen LogP contribution in [-0.4, -0.2) is 37.1 Å². The van der Waals surface area contributed by atoms with E-state index in [2.05, 4.69) is 41.0 Å². The lowest BCUT2D eigenvalue weighted by Gasteiger charge is -2.41. The fourth-order valence-corrected chi connectivity index (χ4v) is 7.95. The number of alkyl halides is 2. The van der Waals surface area contributed by atoms with Crippen LogP contribution in [-0.2, 0) is 10.2 Å². The molecule has 6 atom stereocenters. The van der Waals surface area contributed by atoms with Gasteiger partial charge in [-0.2, -0.15) is 0 Å². The van der Waals surface area contributed by atoms with E-state index in [0.29, 0.717) is 24.8 Å². The van der Waals surface area contributed by atoms with Gasteiger partial charge in [0, 0.05) is 12.4 Å². The second-order valence-electron chi connectivity index (χ2n) is 9.87. The van der Waals surface area contributed by atoms with Crippen LogP contribution in [0.5, 0.6) is 0 Å². The standard InChI is InChI=1S/C23H30ClFN2O/c24-8-7-22-11-16-10-21(14-22,17-4-2-1-3-5-17)15-23(22,12-16)20(28)27-19-6-9-26-13-18(19)25/h1-5,16,18-19,26H,6-15H2,(H,27,28)/t16?,18-,19-,21-,22-,23?/m1/s1. The lowest BCUT2D eigenvalue weighted by molar-refractivity contribution is -0.138. The summed E-state index contributed by atoms with van der Waals surface area (Å²) in [7, 11) is 0. The number of hydrogen-bond acceptors (Lipinski definition) is 2. The molecule has 1 saturated heterocycles. The number of rotatable bonds is 5. The Morgan fingerprint density at radius 1 is 1.21 bits per heavy atom. The van der Waals surface area contributed by atoms with Gasteiger partial charge in [0.2, 0.25) is 5.91 Å². The molecule has 5 aliphatic rings. The van der Waals surface area contributed by atoms with Gasteiger partial charge in [-0.05, 0) is 73.8 Å². The first-order valence-corrected chi connectivity index (χ1v) is 11.3. The van der Waals surface area contributed by atoms with E-state index < -0.39 is 6.17 Å². The Balaban J connectivity index is 1.49. The Kier molecular flexibility index (Phi) is 4.52. The summed E-state index contributed by atoms with van der Waals surface area (Å²) >= 11 is 6.28. The predicted octanol–water partition coefficient (Wildman–Crippen LogP) is 3.95. The number of hydrogen-bond donors (Lipinski definition) is 2. The van der Waals surface area contributed by atoms with E-state index in [-0.39, 0.29) is 28.2 Å². The number of benzene rings is 1. The maximum Gasteiger partial charge on any atom is 0.227 e. The molecule has 28 heavy (non-hydrogen) atoms. The van der Waals surface area contributed by atoms with Crippen LogP contribution >= 0.6 is 11.6 Å². The Hall–Kier alpha value is -1.13. The molecule has 2 unspecified atom stereocenters. The minimum atomic E-state index is -1.00. The number of amides is 1. The van der Waals surface area contributed by atoms with Gasteiger partial charge in [-0.1, -0.05) is 30.3 Å². The molecule has 0 radical (unpaired) electrons. The molecule has 4 aliphatic carbocycles. The first-order valence-electron chi connectivity index (χ1n) is 10.8. The molecule has 3 nitrogen and oxygen atoms in total. The summed E-state index contributed by atoms with van der Waals surface area (Å²) in [5, 5.41) is 6.25. The molecule has 4 bridgehead atoms. The lowest BCUT2D eigenvalue weighted by atomic mass is 9.63. The van der Waals surface area contributed by atoms with Gasteiger partial charge in [0.15, 0.2) is 0 Å². The highest BCUT2D eigenvalue weighted by atomic mass is 35.5. The number of carbonyl (C=O) groups excluding carboxylic acids is 1. The minimum absolute atomic E-state index is 0.0314. The zero-order valence-corrected chi connectivity index (χ0v) is 17.1. The zero-order chi connectivity index (χ0) is 19.4. The van der Waals surface area contributed by atoms with E-state index in [0.717, 1.165) is 38.6 Å². The normalized spacial score (nSPS) is 44.0. The molecule has 1 aromatic rings. The van der Waals surface area contributed by atoms with Crippen molar-refractivity contribution in [2.24, 2.45) is 16.7 Å². The smallest absolute Gasteiger partial charge is 0.227 e. The molecule has 0 spiro atoms. The Bertz CT molecular complexity index is 760. The van der Waals surface area contributed by atoms with Crippen LogP contribution in [0, 0.1) is 16.7 Å². The summed E-state index contributed by atoms with van der Waals surface area (Å²) in [5.41, 5.74) is 1.04. The van der Waals surface area contributed by atoms with Crippen molar-refractivity contribution in [2.45, 2.75) is 62.6 Å². The van der Waals surface area contributed by atoms with Gasteiger partial charge in [0.1, 0.15) is 6.17 Å². The third-order valence-corrected chi connectivity index (χ3v) is 8.64. The summed E-state index contributed by atoms with van der Waals surface area (Å²) in [6.45, 7) is 1.10. The fourth-order valence-electron chi connectivity index (χ4n) is 7.59. The molecule has 6 rings (SSSR count). The second-order valence-corrected chi connectivity index (χ2v) is 10.2. The van der Waals surface area contributed by atoms with Gasteiger partial charge in [-0.15, -0.1) is 11.6 Å². The summed E-state index contributed by atoms with van der Waals surface area (Å²) in [6.07, 6.45) is 5.72. The first-order chi connectivity index (χ1) is 13.5. The van der Waals surface area contributed by atoms with Gasteiger partial charge < -0.3 is 10.6 Å². The summed E-state index contributed by atoms with van der Waals surface area (Å²) in [6, 6.07) is 10.4. The molecule has 5 heteroatoms. The van der Waals surface area contributed by atoms with E-state index in [1.165, 1.54) is 12.0 Å². The Labute approximate surface area is 171 Å². The van der Waals surface area contributed by atoms with Gasteiger partial charge in [-0.3, -0.25) is 4.79 Å². The number of piperidine rings is 1. The average molecular weight is 405 g/mol. The molecule has 0 aromatic heterocycles. The van der Waals surface area contributed by atoms with Crippen molar-refractivity contribution >= 4 is 17.5 Å². The third-order valence-electron chi connectivity index (χ3n) is 8.45. The molecule has 1 amide bonds. The molecule has 4 saturated carbocycles. The van der Waals surface area contributed by atoms with Gasteiger partial charge in [-0.25, -0.2) is 4.39 Å². The van der Waals surface area contributed by atoms with E-state index in [9.17, 15) is 9.18 Å². The molecule has 2 N–H and O–H groups in total. The molecule has 1 aromatic carbocycles. The van der Waals surface area contributed by atoms with Crippen LogP contribution in [0.2, 0.25) is 0 Å². The number of nitrogens with one attached hydrogen (secondary N) is 2. The van der Waals surface area contributed by atoms with Gasteiger partial charge >= 0.3 is 0 Å². The zero-order valence-electron chi connectivity index (χ0n) is 16.4. The lowest BCUT2D eigenvalue weighted by Crippen LogP contribution is -2.56. The average Bonchev–Trinajstić information content (AvgIpc) is 3.03. The van der Waals surface area contributed by atoms with Crippen molar-refractivity contribution < 1.29 is 9.18 Å². The van der Waals surface area contributed by atoms with Crippen molar-refractivity contribution in [2.75, 3.05) is 19.0 Å². The van der Waals surface area contributed by atoms with Gasteiger partial charge in [0.25, 0.3) is 0 Å². The van der Waals surface area contributed by atoms with Crippen molar-refractivity contribution in [1.82, 2.24) is 10.6 Å². The topological polar surface area (TPSA) is 41.1 Å². The highest BCUT2D eigenvalue weighted by Crippen LogP contribution is 2.77. The monoisotopic (exact) mass is 404 g/mol. The molecular formula is C23H30ClFN2O. The Morgan fingerprint density at radius 2 is 2.04 bits per heavy atom. The SMILES string of the molecule is O=C(N[C@@H]1CCNC[C@H]1F)C12CC3C[C@](c4ccccc4)(C1)C[C@@]2(CCCl)C3. The predicted molar refractivity (Wildman–Crippen MR) is 109 cm³/mol. The number of carbonyl (C=O) groups is 1. The summed E-state index contributed by atoms with van der Waals surface area (Å²) < 4.78 is 14.4. The van der Waals surface area contributed by atoms with Crippen LogP contribution in [0.15, 0.2) is 30.3 Å². The van der Waals surface area contributed by atoms with Crippen LogP contribution in [0.4, 0.5) is 4.39 Å². The maximum absolute atomic E-state index is 14.4. The summed E-state index contributed by atoms with van der Waals surface area (Å²) in [4.78, 5) is 13.7. The van der Waals surface area contributed by atoms with E-state index in [1.807, 2.05) is 0 Å². The van der Waals surface area contributed by atoms with Crippen LogP contribution in [0.3, 0.4) is 0 Å².